The van der Waals surface area contributed by atoms with Crippen LogP contribution in [0.15, 0.2) is 0 Å². The van der Waals surface area contributed by atoms with Crippen molar-refractivity contribution in [3.63, 3.8) is 0 Å². The molecule has 0 spiro atoms. The Balaban J connectivity index is 3.41. The Morgan fingerprint density at radius 2 is 2.18 bits per heavy atom. The second-order valence-corrected chi connectivity index (χ2v) is 2.98. The Labute approximate surface area is 69.2 Å². The summed E-state index contributed by atoms with van der Waals surface area (Å²) in [6, 6.07) is 0. The highest BCUT2D eigenvalue weighted by atomic mass is 16.1. The van der Waals surface area contributed by atoms with Crippen LogP contribution in [0.3, 0.4) is 0 Å². The molecular formula is C10H16O. The first-order valence-corrected chi connectivity index (χ1v) is 4.06. The Kier molecular flexibility index (Phi) is 5.56. The van der Waals surface area contributed by atoms with Crippen LogP contribution in [-0.4, -0.2) is 5.78 Å². The lowest BCUT2D eigenvalue weighted by atomic mass is 10.00. The molecule has 0 aromatic heterocycles. The summed E-state index contributed by atoms with van der Waals surface area (Å²) in [4.78, 5) is 10.7. The molecule has 0 heterocycles. The largest absolute Gasteiger partial charge is 0.300 e. The fourth-order valence-electron chi connectivity index (χ4n) is 1.04. The first kappa shape index (κ1) is 10.2. The monoisotopic (exact) mass is 152 g/mol. The maximum Gasteiger partial charge on any atom is 0.130 e. The molecule has 11 heavy (non-hydrogen) atoms. The number of carbonyl (C=O) groups excluding carboxylic acids is 1. The lowest BCUT2D eigenvalue weighted by molar-refractivity contribution is -0.117. The van der Waals surface area contributed by atoms with Crippen molar-refractivity contribution >= 4 is 5.78 Å². The van der Waals surface area contributed by atoms with E-state index in [1.165, 1.54) is 0 Å². The van der Waals surface area contributed by atoms with Crippen LogP contribution >= 0.6 is 0 Å². The number of rotatable bonds is 4. The van der Waals surface area contributed by atoms with E-state index in [0.717, 1.165) is 12.8 Å². The molecule has 0 aliphatic rings. The van der Waals surface area contributed by atoms with Gasteiger partial charge in [-0.15, -0.1) is 11.8 Å². The van der Waals surface area contributed by atoms with Gasteiger partial charge in [-0.2, -0.15) is 0 Å². The third kappa shape index (κ3) is 7.12. The SMILES string of the molecule is CC#CCCC(C)CC(C)=O. The summed E-state index contributed by atoms with van der Waals surface area (Å²) in [7, 11) is 0. The van der Waals surface area contributed by atoms with E-state index in [0.29, 0.717) is 12.3 Å². The van der Waals surface area contributed by atoms with Crippen LogP contribution in [0.1, 0.15) is 40.0 Å². The van der Waals surface area contributed by atoms with Crippen molar-refractivity contribution in [1.82, 2.24) is 0 Å². The van der Waals surface area contributed by atoms with Crippen molar-refractivity contribution in [2.75, 3.05) is 0 Å². The fraction of sp³-hybridized carbons (Fsp3) is 0.700. The minimum absolute atomic E-state index is 0.280. The molecule has 0 aromatic rings. The van der Waals surface area contributed by atoms with Crippen LogP contribution in [0, 0.1) is 17.8 Å². The molecule has 1 atom stereocenters. The molecular weight excluding hydrogens is 136 g/mol. The van der Waals surface area contributed by atoms with E-state index in [1.54, 1.807) is 6.92 Å². The molecule has 0 aliphatic heterocycles. The van der Waals surface area contributed by atoms with Gasteiger partial charge in [-0.25, -0.2) is 0 Å². The van der Waals surface area contributed by atoms with Crippen molar-refractivity contribution in [1.29, 1.82) is 0 Å². The van der Waals surface area contributed by atoms with Crippen molar-refractivity contribution < 1.29 is 4.79 Å². The smallest absolute Gasteiger partial charge is 0.130 e. The summed E-state index contributed by atoms with van der Waals surface area (Å²) < 4.78 is 0. The van der Waals surface area contributed by atoms with Gasteiger partial charge in [-0.05, 0) is 26.2 Å². The maximum absolute atomic E-state index is 10.7. The molecule has 0 amide bonds. The second kappa shape index (κ2) is 5.97. The van der Waals surface area contributed by atoms with Crippen LogP contribution in [0.4, 0.5) is 0 Å². The Morgan fingerprint density at radius 1 is 1.55 bits per heavy atom. The predicted octanol–water partition coefficient (Wildman–Crippen LogP) is 2.41. The zero-order valence-electron chi connectivity index (χ0n) is 7.61. The van der Waals surface area contributed by atoms with Crippen molar-refractivity contribution in [3.8, 4) is 11.8 Å². The zero-order chi connectivity index (χ0) is 8.69. The molecule has 1 heteroatoms. The average molecular weight is 152 g/mol. The number of hydrogen-bond acceptors (Lipinski definition) is 1. The summed E-state index contributed by atoms with van der Waals surface area (Å²) in [5.41, 5.74) is 0. The van der Waals surface area contributed by atoms with E-state index in [-0.39, 0.29) is 5.78 Å². The molecule has 0 saturated heterocycles. The van der Waals surface area contributed by atoms with Gasteiger partial charge in [0, 0.05) is 12.8 Å². The first-order chi connectivity index (χ1) is 5.16. The molecule has 0 fully saturated rings. The van der Waals surface area contributed by atoms with E-state index in [4.69, 9.17) is 0 Å². The molecule has 0 aliphatic carbocycles. The van der Waals surface area contributed by atoms with Crippen molar-refractivity contribution in [2.45, 2.75) is 40.0 Å². The average Bonchev–Trinajstić information content (AvgIpc) is 1.86. The molecule has 62 valence electrons. The van der Waals surface area contributed by atoms with E-state index < -0.39 is 0 Å². The summed E-state index contributed by atoms with van der Waals surface area (Å²) in [5, 5.41) is 0. The minimum Gasteiger partial charge on any atom is -0.300 e. The van der Waals surface area contributed by atoms with Crippen LogP contribution in [0.25, 0.3) is 0 Å². The molecule has 0 bridgehead atoms. The summed E-state index contributed by atoms with van der Waals surface area (Å²) in [5.74, 6) is 6.61. The topological polar surface area (TPSA) is 17.1 Å². The van der Waals surface area contributed by atoms with Gasteiger partial charge in [0.15, 0.2) is 0 Å². The van der Waals surface area contributed by atoms with Gasteiger partial charge >= 0.3 is 0 Å². The number of hydrogen-bond donors (Lipinski definition) is 0. The third-order valence-electron chi connectivity index (χ3n) is 1.57. The lowest BCUT2D eigenvalue weighted by Crippen LogP contribution is -2.00. The number of carbonyl (C=O) groups is 1. The van der Waals surface area contributed by atoms with Crippen molar-refractivity contribution in [2.24, 2.45) is 5.92 Å². The molecule has 0 aromatic carbocycles. The van der Waals surface area contributed by atoms with Gasteiger partial charge in [0.25, 0.3) is 0 Å². The van der Waals surface area contributed by atoms with Gasteiger partial charge in [0.05, 0.1) is 0 Å². The van der Waals surface area contributed by atoms with Crippen molar-refractivity contribution in [3.05, 3.63) is 0 Å². The van der Waals surface area contributed by atoms with Gasteiger partial charge < -0.3 is 4.79 Å². The standard InChI is InChI=1S/C10H16O/c1-4-5-6-7-9(2)8-10(3)11/h9H,6-8H2,1-3H3. The molecule has 1 nitrogen and oxygen atoms in total. The van der Waals surface area contributed by atoms with E-state index in [9.17, 15) is 4.79 Å². The Morgan fingerprint density at radius 3 is 2.64 bits per heavy atom. The van der Waals surface area contributed by atoms with Crippen LogP contribution in [0.2, 0.25) is 0 Å². The van der Waals surface area contributed by atoms with Gasteiger partial charge in [-0.1, -0.05) is 6.92 Å². The molecule has 0 radical (unpaired) electrons. The maximum atomic E-state index is 10.7. The normalized spacial score (nSPS) is 11.5. The van der Waals surface area contributed by atoms with Gasteiger partial charge in [0.1, 0.15) is 5.78 Å². The Hall–Kier alpha value is -0.770. The number of ketones is 1. The molecule has 1 unspecified atom stereocenters. The summed E-state index contributed by atoms with van der Waals surface area (Å²) >= 11 is 0. The van der Waals surface area contributed by atoms with Gasteiger partial charge in [0.2, 0.25) is 0 Å². The van der Waals surface area contributed by atoms with Crippen LogP contribution < -0.4 is 0 Å². The highest BCUT2D eigenvalue weighted by Crippen LogP contribution is 2.09. The minimum atomic E-state index is 0.280. The molecule has 0 saturated carbocycles. The third-order valence-corrected chi connectivity index (χ3v) is 1.57. The van der Waals surface area contributed by atoms with E-state index in [1.807, 2.05) is 6.92 Å². The lowest BCUT2D eigenvalue weighted by Gasteiger charge is -2.04. The first-order valence-electron chi connectivity index (χ1n) is 4.06. The predicted molar refractivity (Wildman–Crippen MR) is 47.1 cm³/mol. The van der Waals surface area contributed by atoms with Crippen LogP contribution in [-0.2, 0) is 4.79 Å². The van der Waals surface area contributed by atoms with Gasteiger partial charge in [-0.3, -0.25) is 0 Å². The zero-order valence-corrected chi connectivity index (χ0v) is 7.61. The highest BCUT2D eigenvalue weighted by molar-refractivity contribution is 5.75. The summed E-state index contributed by atoms with van der Waals surface area (Å²) in [6.45, 7) is 5.58. The Bertz CT molecular complexity index is 171. The number of Topliss-reactive ketones (excluding diaryl/α,β-unsaturated/α-hetero) is 1. The molecule has 0 N–H and O–H groups in total. The fourth-order valence-corrected chi connectivity index (χ4v) is 1.04. The molecule has 0 rings (SSSR count). The second-order valence-electron chi connectivity index (χ2n) is 2.98. The van der Waals surface area contributed by atoms with Crippen LogP contribution in [0.5, 0.6) is 0 Å². The highest BCUT2D eigenvalue weighted by Gasteiger charge is 2.03. The van der Waals surface area contributed by atoms with E-state index >= 15 is 0 Å². The summed E-state index contributed by atoms with van der Waals surface area (Å²) in [6.07, 6.45) is 2.66. The van der Waals surface area contributed by atoms with E-state index in [2.05, 4.69) is 18.8 Å². The quantitative estimate of drug-likeness (QED) is 0.565.